The van der Waals surface area contributed by atoms with E-state index in [4.69, 9.17) is 0 Å². The fourth-order valence-corrected chi connectivity index (χ4v) is 7.74. The average Bonchev–Trinajstić information content (AvgIpc) is 3.63. The molecule has 0 fully saturated rings. The number of fused-ring (bicyclic) bond motifs is 4. The first-order valence-corrected chi connectivity index (χ1v) is 16.9. The molecule has 0 spiro atoms. The molecule has 0 bridgehead atoms. The van der Waals surface area contributed by atoms with Gasteiger partial charge in [0.2, 0.25) is 0 Å². The number of para-hydroxylation sites is 3. The SMILES string of the molecule is Cc1ccccc1-c1cccc2c3cccc(-c4ccccc4C)c3n(-c3cccc4c3C(=O)N(c3ccccc3-c3ccccc3)C4=O)c12. The second kappa shape index (κ2) is 11.6. The van der Waals surface area contributed by atoms with Crippen LogP contribution < -0.4 is 4.90 Å². The highest BCUT2D eigenvalue weighted by Crippen LogP contribution is 2.45. The predicted octanol–water partition coefficient (Wildman–Crippen LogP) is 11.2. The molecule has 0 atom stereocenters. The Morgan fingerprint density at radius 2 is 0.840 bits per heavy atom. The molecule has 0 aliphatic carbocycles. The quantitative estimate of drug-likeness (QED) is 0.175. The molecule has 4 nitrogen and oxygen atoms in total. The predicted molar refractivity (Wildman–Crippen MR) is 204 cm³/mol. The molecule has 2 amide bonds. The Balaban J connectivity index is 1.37. The number of hydrogen-bond donors (Lipinski definition) is 0. The highest BCUT2D eigenvalue weighted by Gasteiger charge is 2.40. The number of nitrogens with zero attached hydrogens (tertiary/aromatic N) is 2. The smallest absolute Gasteiger partial charge is 0.268 e. The van der Waals surface area contributed by atoms with Crippen LogP contribution in [0.5, 0.6) is 0 Å². The van der Waals surface area contributed by atoms with Crippen LogP contribution in [-0.4, -0.2) is 16.4 Å². The maximum absolute atomic E-state index is 14.9. The van der Waals surface area contributed by atoms with Crippen molar-refractivity contribution in [3.05, 3.63) is 180 Å². The van der Waals surface area contributed by atoms with Crippen molar-refractivity contribution in [2.24, 2.45) is 0 Å². The number of rotatable bonds is 5. The van der Waals surface area contributed by atoms with Crippen molar-refractivity contribution >= 4 is 39.3 Å². The number of hydrogen-bond acceptors (Lipinski definition) is 2. The molecule has 1 aliphatic heterocycles. The molecule has 1 aliphatic rings. The first-order valence-electron chi connectivity index (χ1n) is 16.9. The van der Waals surface area contributed by atoms with Gasteiger partial charge in [0.25, 0.3) is 11.8 Å². The molecule has 2 heterocycles. The monoisotopic (exact) mass is 644 g/mol. The number of imide groups is 1. The van der Waals surface area contributed by atoms with E-state index in [1.807, 2.05) is 66.7 Å². The lowest BCUT2D eigenvalue weighted by Gasteiger charge is -2.19. The molecule has 0 radical (unpaired) electrons. The van der Waals surface area contributed by atoms with Gasteiger partial charge in [0, 0.05) is 27.5 Å². The zero-order valence-electron chi connectivity index (χ0n) is 27.7. The molecule has 0 saturated heterocycles. The van der Waals surface area contributed by atoms with Crippen LogP contribution in [-0.2, 0) is 0 Å². The van der Waals surface area contributed by atoms with Crippen molar-refractivity contribution in [2.45, 2.75) is 13.8 Å². The van der Waals surface area contributed by atoms with E-state index in [-0.39, 0.29) is 11.8 Å². The van der Waals surface area contributed by atoms with E-state index in [1.54, 1.807) is 6.07 Å². The van der Waals surface area contributed by atoms with Gasteiger partial charge in [-0.25, -0.2) is 4.90 Å². The van der Waals surface area contributed by atoms with Gasteiger partial charge in [0.15, 0.2) is 0 Å². The molecule has 8 aromatic rings. The van der Waals surface area contributed by atoms with Gasteiger partial charge in [-0.05, 0) is 59.9 Å². The Morgan fingerprint density at radius 1 is 0.380 bits per heavy atom. The van der Waals surface area contributed by atoms with Crippen molar-refractivity contribution in [1.29, 1.82) is 0 Å². The molecule has 50 heavy (non-hydrogen) atoms. The molecular formula is C46H32N2O2. The van der Waals surface area contributed by atoms with Gasteiger partial charge in [-0.2, -0.15) is 0 Å². The van der Waals surface area contributed by atoms with Crippen molar-refractivity contribution in [3.8, 4) is 39.1 Å². The minimum atomic E-state index is -0.333. The number of carbonyl (C=O) groups excluding carboxylic acids is 2. The standard InChI is InChI=1S/C46H32N2O2/c1-29-15-6-8-19-32(29)35-22-12-24-37-38-25-13-23-36(33-20-9-7-16-30(33)2)44(38)47(43(35)37)41-28-14-26-39-42(41)46(50)48(45(39)49)40-27-11-10-21-34(40)31-17-4-3-5-18-31/h3-28H,1-2H3. The van der Waals surface area contributed by atoms with Gasteiger partial charge in [-0.3, -0.25) is 9.59 Å². The molecule has 9 rings (SSSR count). The first-order chi connectivity index (χ1) is 24.5. The Hall–Kier alpha value is -6.52. The third kappa shape index (κ3) is 4.39. The van der Waals surface area contributed by atoms with Gasteiger partial charge in [-0.15, -0.1) is 0 Å². The number of amides is 2. The van der Waals surface area contributed by atoms with Crippen molar-refractivity contribution in [2.75, 3.05) is 4.90 Å². The van der Waals surface area contributed by atoms with Gasteiger partial charge in [0.05, 0.1) is 33.5 Å². The lowest BCUT2D eigenvalue weighted by atomic mass is 9.97. The van der Waals surface area contributed by atoms with Crippen molar-refractivity contribution in [3.63, 3.8) is 0 Å². The maximum atomic E-state index is 14.9. The third-order valence-corrected chi connectivity index (χ3v) is 10.0. The Bertz CT molecular complexity index is 2560. The van der Waals surface area contributed by atoms with E-state index in [0.29, 0.717) is 22.5 Å². The molecule has 4 heteroatoms. The fraction of sp³-hybridized carbons (Fsp3) is 0.0435. The van der Waals surface area contributed by atoms with E-state index in [9.17, 15) is 9.59 Å². The highest BCUT2D eigenvalue weighted by atomic mass is 16.2. The zero-order valence-corrected chi connectivity index (χ0v) is 27.7. The number of anilines is 1. The first kappa shape index (κ1) is 29.6. The van der Waals surface area contributed by atoms with Gasteiger partial charge in [-0.1, -0.05) is 140 Å². The molecule has 0 N–H and O–H groups in total. The number of aromatic nitrogens is 1. The third-order valence-electron chi connectivity index (χ3n) is 10.0. The molecular weight excluding hydrogens is 613 g/mol. The maximum Gasteiger partial charge on any atom is 0.268 e. The van der Waals surface area contributed by atoms with Crippen LogP contribution >= 0.6 is 0 Å². The summed E-state index contributed by atoms with van der Waals surface area (Å²) in [5, 5.41) is 2.16. The van der Waals surface area contributed by atoms with E-state index < -0.39 is 0 Å². The zero-order chi connectivity index (χ0) is 33.9. The molecule has 238 valence electrons. The number of carbonyl (C=O) groups is 2. The summed E-state index contributed by atoms with van der Waals surface area (Å²) in [5.41, 5.74) is 12.5. The van der Waals surface area contributed by atoms with Crippen molar-refractivity contribution in [1.82, 2.24) is 4.57 Å². The second-order valence-corrected chi connectivity index (χ2v) is 12.9. The van der Waals surface area contributed by atoms with Crippen LogP contribution in [0.2, 0.25) is 0 Å². The summed E-state index contributed by atoms with van der Waals surface area (Å²) in [7, 11) is 0. The van der Waals surface area contributed by atoms with Gasteiger partial charge in [0.1, 0.15) is 0 Å². The van der Waals surface area contributed by atoms with Gasteiger partial charge < -0.3 is 4.57 Å². The number of aryl methyl sites for hydroxylation is 2. The summed E-state index contributed by atoms with van der Waals surface area (Å²) in [5.74, 6) is -0.657. The summed E-state index contributed by atoms with van der Waals surface area (Å²) in [6, 6.07) is 52.9. The van der Waals surface area contributed by atoms with E-state index >= 15 is 0 Å². The van der Waals surface area contributed by atoms with Crippen molar-refractivity contribution < 1.29 is 9.59 Å². The summed E-state index contributed by atoms with van der Waals surface area (Å²) in [4.78, 5) is 30.6. The number of benzene rings is 7. The lowest BCUT2D eigenvalue weighted by molar-refractivity contribution is 0.0926. The minimum Gasteiger partial charge on any atom is -0.307 e. The molecule has 0 unspecified atom stereocenters. The van der Waals surface area contributed by atoms with Crippen LogP contribution in [0, 0.1) is 13.8 Å². The van der Waals surface area contributed by atoms with Crippen LogP contribution in [0.25, 0.3) is 60.9 Å². The molecule has 7 aromatic carbocycles. The lowest BCUT2D eigenvalue weighted by Crippen LogP contribution is -2.30. The molecule has 1 aromatic heterocycles. The Labute approximate surface area is 290 Å². The highest BCUT2D eigenvalue weighted by molar-refractivity contribution is 6.36. The Kier molecular flexibility index (Phi) is 6.85. The van der Waals surface area contributed by atoms with Crippen LogP contribution in [0.1, 0.15) is 31.8 Å². The largest absolute Gasteiger partial charge is 0.307 e. The second-order valence-electron chi connectivity index (χ2n) is 12.9. The summed E-state index contributed by atoms with van der Waals surface area (Å²) in [6.45, 7) is 4.26. The summed E-state index contributed by atoms with van der Waals surface area (Å²) < 4.78 is 2.24. The van der Waals surface area contributed by atoms with E-state index in [1.165, 1.54) is 4.90 Å². The fourth-order valence-electron chi connectivity index (χ4n) is 7.74. The Morgan fingerprint density at radius 3 is 1.44 bits per heavy atom. The van der Waals surface area contributed by atoms with E-state index in [2.05, 4.69) is 103 Å². The van der Waals surface area contributed by atoms with Crippen LogP contribution in [0.15, 0.2) is 158 Å². The topological polar surface area (TPSA) is 42.3 Å². The summed E-state index contributed by atoms with van der Waals surface area (Å²) in [6.07, 6.45) is 0. The average molecular weight is 645 g/mol. The summed E-state index contributed by atoms with van der Waals surface area (Å²) >= 11 is 0. The van der Waals surface area contributed by atoms with Gasteiger partial charge >= 0.3 is 0 Å². The molecule has 0 saturated carbocycles. The normalized spacial score (nSPS) is 12.6. The minimum absolute atomic E-state index is 0.325. The van der Waals surface area contributed by atoms with Crippen LogP contribution in [0.4, 0.5) is 5.69 Å². The van der Waals surface area contributed by atoms with E-state index in [0.717, 1.165) is 66.3 Å². The van der Waals surface area contributed by atoms with Crippen LogP contribution in [0.3, 0.4) is 0 Å².